The van der Waals surface area contributed by atoms with Crippen LogP contribution in [0.2, 0.25) is 5.02 Å². The van der Waals surface area contributed by atoms with Gasteiger partial charge >= 0.3 is 0 Å². The molecule has 2 rings (SSSR count). The normalized spacial score (nSPS) is 19.2. The molecule has 1 aliphatic heterocycles. The van der Waals surface area contributed by atoms with Gasteiger partial charge in [-0.1, -0.05) is 30.7 Å². The Labute approximate surface area is 127 Å². The molecule has 0 saturated carbocycles. The molecule has 0 amide bonds. The van der Waals surface area contributed by atoms with E-state index in [1.807, 2.05) is 6.92 Å². The number of piperazine rings is 1. The molecule has 20 heavy (non-hydrogen) atoms. The predicted octanol–water partition coefficient (Wildman–Crippen LogP) is 2.68. The molecule has 1 unspecified atom stereocenters. The van der Waals surface area contributed by atoms with Crippen LogP contribution >= 0.6 is 11.6 Å². The molecular formula is C16H26ClN3. The van der Waals surface area contributed by atoms with Crippen molar-refractivity contribution >= 4 is 11.6 Å². The number of halogens is 1. The first kappa shape index (κ1) is 15.8. The van der Waals surface area contributed by atoms with Crippen LogP contribution in [0.15, 0.2) is 18.2 Å². The van der Waals surface area contributed by atoms with E-state index in [-0.39, 0.29) is 6.04 Å². The quantitative estimate of drug-likeness (QED) is 0.906. The topological polar surface area (TPSA) is 32.5 Å². The fourth-order valence-electron chi connectivity index (χ4n) is 2.93. The van der Waals surface area contributed by atoms with Gasteiger partial charge in [0.15, 0.2) is 0 Å². The number of hydrogen-bond donors (Lipinski definition) is 1. The summed E-state index contributed by atoms with van der Waals surface area (Å²) in [6.07, 6.45) is 1.23. The minimum atomic E-state index is 0.289. The highest BCUT2D eigenvalue weighted by Crippen LogP contribution is 2.25. The Morgan fingerprint density at radius 3 is 2.50 bits per heavy atom. The maximum atomic E-state index is 6.25. The number of benzene rings is 1. The van der Waals surface area contributed by atoms with Gasteiger partial charge in [0.2, 0.25) is 0 Å². The van der Waals surface area contributed by atoms with Crippen LogP contribution in [-0.2, 0) is 0 Å². The Morgan fingerprint density at radius 2 is 1.95 bits per heavy atom. The van der Waals surface area contributed by atoms with Gasteiger partial charge in [-0.2, -0.15) is 0 Å². The van der Waals surface area contributed by atoms with Gasteiger partial charge in [-0.15, -0.1) is 0 Å². The molecule has 1 aromatic carbocycles. The SMILES string of the molecule is CCCN1CCN(C(CN)c2ccc(C)c(Cl)c2)CC1. The van der Waals surface area contributed by atoms with Crippen molar-refractivity contribution in [3.63, 3.8) is 0 Å². The minimum absolute atomic E-state index is 0.289. The standard InChI is InChI=1S/C16H26ClN3/c1-3-6-19-7-9-20(10-8-19)16(12-18)14-5-4-13(2)15(17)11-14/h4-5,11,16H,3,6-10,12,18H2,1-2H3. The first-order valence-electron chi connectivity index (χ1n) is 7.58. The maximum absolute atomic E-state index is 6.25. The number of rotatable bonds is 5. The molecular weight excluding hydrogens is 270 g/mol. The zero-order valence-corrected chi connectivity index (χ0v) is 13.4. The van der Waals surface area contributed by atoms with E-state index >= 15 is 0 Å². The van der Waals surface area contributed by atoms with E-state index in [4.69, 9.17) is 17.3 Å². The largest absolute Gasteiger partial charge is 0.329 e. The van der Waals surface area contributed by atoms with E-state index in [1.54, 1.807) is 0 Å². The van der Waals surface area contributed by atoms with E-state index in [9.17, 15) is 0 Å². The van der Waals surface area contributed by atoms with Crippen LogP contribution in [0.1, 0.15) is 30.5 Å². The van der Waals surface area contributed by atoms with Crippen LogP contribution in [0.3, 0.4) is 0 Å². The smallest absolute Gasteiger partial charge is 0.0472 e. The van der Waals surface area contributed by atoms with Gasteiger partial charge in [0.05, 0.1) is 0 Å². The molecule has 0 aliphatic carbocycles. The van der Waals surface area contributed by atoms with Gasteiger partial charge < -0.3 is 10.6 Å². The maximum Gasteiger partial charge on any atom is 0.0472 e. The molecule has 0 radical (unpaired) electrons. The monoisotopic (exact) mass is 295 g/mol. The van der Waals surface area contributed by atoms with Gasteiger partial charge in [-0.25, -0.2) is 0 Å². The molecule has 4 heteroatoms. The molecule has 2 N–H and O–H groups in total. The molecule has 1 aliphatic rings. The lowest BCUT2D eigenvalue weighted by molar-refractivity contribution is 0.0985. The number of nitrogens with zero attached hydrogens (tertiary/aromatic N) is 2. The third-order valence-electron chi connectivity index (χ3n) is 4.19. The number of nitrogens with two attached hydrogens (primary N) is 1. The van der Waals surface area contributed by atoms with Crippen LogP contribution in [0.4, 0.5) is 0 Å². The van der Waals surface area contributed by atoms with Gasteiger partial charge in [-0.3, -0.25) is 4.90 Å². The fraction of sp³-hybridized carbons (Fsp3) is 0.625. The van der Waals surface area contributed by atoms with Gasteiger partial charge in [-0.05, 0) is 37.1 Å². The molecule has 1 atom stereocenters. The summed E-state index contributed by atoms with van der Waals surface area (Å²) in [6, 6.07) is 6.62. The molecule has 0 spiro atoms. The highest BCUT2D eigenvalue weighted by atomic mass is 35.5. The lowest BCUT2D eigenvalue weighted by Crippen LogP contribution is -2.49. The zero-order chi connectivity index (χ0) is 14.5. The molecule has 0 bridgehead atoms. The summed E-state index contributed by atoms with van der Waals surface area (Å²) in [5, 5.41) is 0.838. The average Bonchev–Trinajstić information content (AvgIpc) is 2.46. The van der Waals surface area contributed by atoms with Crippen molar-refractivity contribution in [3.8, 4) is 0 Å². The van der Waals surface area contributed by atoms with Crippen molar-refractivity contribution in [3.05, 3.63) is 34.3 Å². The first-order valence-corrected chi connectivity index (χ1v) is 7.96. The molecule has 112 valence electrons. The van der Waals surface area contributed by atoms with Crippen LogP contribution in [0.5, 0.6) is 0 Å². The summed E-state index contributed by atoms with van der Waals surface area (Å²) in [4.78, 5) is 5.03. The Balaban J connectivity index is 2.03. The summed E-state index contributed by atoms with van der Waals surface area (Å²) < 4.78 is 0. The lowest BCUT2D eigenvalue weighted by atomic mass is 10.0. The van der Waals surface area contributed by atoms with Crippen molar-refractivity contribution in [1.82, 2.24) is 9.80 Å². The van der Waals surface area contributed by atoms with E-state index in [0.29, 0.717) is 6.54 Å². The van der Waals surface area contributed by atoms with E-state index < -0.39 is 0 Å². The van der Waals surface area contributed by atoms with Crippen molar-refractivity contribution in [2.75, 3.05) is 39.3 Å². The van der Waals surface area contributed by atoms with Crippen LogP contribution in [0, 0.1) is 6.92 Å². The van der Waals surface area contributed by atoms with E-state index in [1.165, 1.54) is 18.5 Å². The van der Waals surface area contributed by atoms with Crippen LogP contribution < -0.4 is 5.73 Å². The fourth-order valence-corrected chi connectivity index (χ4v) is 3.12. The third-order valence-corrected chi connectivity index (χ3v) is 4.60. The van der Waals surface area contributed by atoms with Crippen molar-refractivity contribution in [2.45, 2.75) is 26.3 Å². The highest BCUT2D eigenvalue weighted by molar-refractivity contribution is 6.31. The van der Waals surface area contributed by atoms with Crippen molar-refractivity contribution in [2.24, 2.45) is 5.73 Å². The molecule has 3 nitrogen and oxygen atoms in total. The number of aryl methyl sites for hydroxylation is 1. The van der Waals surface area contributed by atoms with Gasteiger partial charge in [0.25, 0.3) is 0 Å². The van der Waals surface area contributed by atoms with Crippen molar-refractivity contribution in [1.29, 1.82) is 0 Å². The summed E-state index contributed by atoms with van der Waals surface area (Å²) in [5.41, 5.74) is 8.39. The first-order chi connectivity index (χ1) is 9.65. The van der Waals surface area contributed by atoms with Crippen LogP contribution in [0.25, 0.3) is 0 Å². The Morgan fingerprint density at radius 1 is 1.25 bits per heavy atom. The lowest BCUT2D eigenvalue weighted by Gasteiger charge is -2.39. The Bertz CT molecular complexity index is 428. The molecule has 1 heterocycles. The molecule has 0 aromatic heterocycles. The van der Waals surface area contributed by atoms with Gasteiger partial charge in [0.1, 0.15) is 0 Å². The Hall–Kier alpha value is -0.610. The second kappa shape index (κ2) is 7.41. The summed E-state index contributed by atoms with van der Waals surface area (Å²) >= 11 is 6.25. The summed E-state index contributed by atoms with van der Waals surface area (Å²) in [5.74, 6) is 0. The highest BCUT2D eigenvalue weighted by Gasteiger charge is 2.24. The summed E-state index contributed by atoms with van der Waals surface area (Å²) in [7, 11) is 0. The second-order valence-corrected chi connectivity index (χ2v) is 6.04. The molecule has 1 saturated heterocycles. The molecule has 1 aromatic rings. The van der Waals surface area contributed by atoms with E-state index in [0.717, 1.165) is 36.8 Å². The third kappa shape index (κ3) is 3.73. The average molecular weight is 296 g/mol. The number of hydrogen-bond acceptors (Lipinski definition) is 3. The predicted molar refractivity (Wildman–Crippen MR) is 86.3 cm³/mol. The van der Waals surface area contributed by atoms with E-state index in [2.05, 4.69) is 34.9 Å². The second-order valence-electron chi connectivity index (χ2n) is 5.64. The summed E-state index contributed by atoms with van der Waals surface area (Å²) in [6.45, 7) is 10.6. The van der Waals surface area contributed by atoms with Gasteiger partial charge in [0, 0.05) is 43.8 Å². The van der Waals surface area contributed by atoms with Crippen LogP contribution in [-0.4, -0.2) is 49.1 Å². The van der Waals surface area contributed by atoms with Crippen molar-refractivity contribution < 1.29 is 0 Å². The minimum Gasteiger partial charge on any atom is -0.329 e. The zero-order valence-electron chi connectivity index (χ0n) is 12.6. The Kier molecular flexibility index (Phi) is 5.85. The molecule has 1 fully saturated rings.